The Bertz CT molecular complexity index is 445. The molecular formula is C15H21ClN2O2. The van der Waals surface area contributed by atoms with Crippen LogP contribution in [-0.4, -0.2) is 30.3 Å². The van der Waals surface area contributed by atoms with Gasteiger partial charge in [-0.2, -0.15) is 0 Å². The monoisotopic (exact) mass is 296 g/mol. The summed E-state index contributed by atoms with van der Waals surface area (Å²) in [7, 11) is 0. The summed E-state index contributed by atoms with van der Waals surface area (Å²) in [6.45, 7) is 2.13. The molecule has 2 fully saturated rings. The molecule has 0 amide bonds. The maximum Gasteiger partial charge on any atom is 0.213 e. The van der Waals surface area contributed by atoms with Crippen molar-refractivity contribution < 1.29 is 9.47 Å². The molecule has 0 bridgehead atoms. The second kappa shape index (κ2) is 6.74. The Balaban J connectivity index is 1.53. The number of halogens is 1. The lowest BCUT2D eigenvalue weighted by Gasteiger charge is -2.22. The molecule has 1 atom stereocenters. The lowest BCUT2D eigenvalue weighted by Crippen LogP contribution is -2.26. The number of nitrogens with one attached hydrogen (secondary N) is 1. The van der Waals surface area contributed by atoms with E-state index in [2.05, 4.69) is 10.3 Å². The first-order valence-electron chi connectivity index (χ1n) is 7.44. The number of hydrogen-bond donors (Lipinski definition) is 1. The van der Waals surface area contributed by atoms with E-state index in [0.717, 1.165) is 25.1 Å². The second-order valence-corrected chi connectivity index (χ2v) is 5.94. The van der Waals surface area contributed by atoms with E-state index in [-0.39, 0.29) is 6.10 Å². The van der Waals surface area contributed by atoms with Crippen molar-refractivity contribution in [2.45, 2.75) is 50.8 Å². The molecule has 3 rings (SSSR count). The van der Waals surface area contributed by atoms with Crippen LogP contribution in [0.3, 0.4) is 0 Å². The van der Waals surface area contributed by atoms with Crippen molar-refractivity contribution in [3.8, 4) is 5.88 Å². The summed E-state index contributed by atoms with van der Waals surface area (Å²) < 4.78 is 11.4. The van der Waals surface area contributed by atoms with E-state index in [4.69, 9.17) is 21.1 Å². The fraction of sp³-hybridized carbons (Fsp3) is 0.667. The van der Waals surface area contributed by atoms with E-state index in [9.17, 15) is 0 Å². The van der Waals surface area contributed by atoms with Gasteiger partial charge in [0, 0.05) is 25.3 Å². The lowest BCUT2D eigenvalue weighted by molar-refractivity contribution is -0.0119. The number of ether oxygens (including phenoxy) is 2. The van der Waals surface area contributed by atoms with Gasteiger partial charge in [-0.3, -0.25) is 0 Å². The lowest BCUT2D eigenvalue weighted by atomic mass is 10.1. The van der Waals surface area contributed by atoms with Crippen LogP contribution >= 0.6 is 11.6 Å². The van der Waals surface area contributed by atoms with Crippen LogP contribution < -0.4 is 10.1 Å². The highest BCUT2D eigenvalue weighted by Crippen LogP contribution is 2.22. The van der Waals surface area contributed by atoms with E-state index in [1.54, 1.807) is 0 Å². The average molecular weight is 297 g/mol. The Labute approximate surface area is 124 Å². The van der Waals surface area contributed by atoms with Gasteiger partial charge >= 0.3 is 0 Å². The van der Waals surface area contributed by atoms with E-state index >= 15 is 0 Å². The molecule has 5 heteroatoms. The van der Waals surface area contributed by atoms with E-state index in [0.29, 0.717) is 30.1 Å². The Kier molecular flexibility index (Phi) is 4.76. The summed E-state index contributed by atoms with van der Waals surface area (Å²) in [5.74, 6) is 0.635. The standard InChI is InChI=1S/C15H21ClN2O2/c16-13-6-7-15(18-14(13)9-17-11-4-5-11)20-10-12-3-1-2-8-19-12/h6-7,11-12,17H,1-5,8-10H2. The first kappa shape index (κ1) is 14.1. The van der Waals surface area contributed by atoms with E-state index < -0.39 is 0 Å². The van der Waals surface area contributed by atoms with Crippen molar-refractivity contribution in [2.75, 3.05) is 13.2 Å². The Hall–Kier alpha value is -0.840. The van der Waals surface area contributed by atoms with Crippen LogP contribution in [0.1, 0.15) is 37.8 Å². The molecule has 1 saturated heterocycles. The maximum absolute atomic E-state index is 6.17. The number of pyridine rings is 1. The van der Waals surface area contributed by atoms with Gasteiger partial charge in [0.05, 0.1) is 16.8 Å². The molecule has 1 aromatic heterocycles. The zero-order valence-corrected chi connectivity index (χ0v) is 12.4. The van der Waals surface area contributed by atoms with Gasteiger partial charge in [0.1, 0.15) is 6.61 Å². The number of aromatic nitrogens is 1. The summed E-state index contributed by atoms with van der Waals surface area (Å²) >= 11 is 6.17. The largest absolute Gasteiger partial charge is 0.475 e. The zero-order chi connectivity index (χ0) is 13.8. The number of hydrogen-bond acceptors (Lipinski definition) is 4. The molecule has 20 heavy (non-hydrogen) atoms. The fourth-order valence-electron chi connectivity index (χ4n) is 2.31. The van der Waals surface area contributed by atoms with Crippen molar-refractivity contribution in [1.29, 1.82) is 0 Å². The summed E-state index contributed by atoms with van der Waals surface area (Å²) in [5, 5.41) is 4.11. The summed E-state index contributed by atoms with van der Waals surface area (Å²) in [4.78, 5) is 4.48. The molecule has 0 spiro atoms. The van der Waals surface area contributed by atoms with Gasteiger partial charge in [-0.15, -0.1) is 0 Å². The third-order valence-corrected chi connectivity index (χ3v) is 4.06. The van der Waals surface area contributed by atoms with Gasteiger partial charge in [-0.05, 0) is 38.2 Å². The molecular weight excluding hydrogens is 276 g/mol. The zero-order valence-electron chi connectivity index (χ0n) is 11.6. The molecule has 110 valence electrons. The second-order valence-electron chi connectivity index (χ2n) is 5.53. The average Bonchev–Trinajstić information content (AvgIpc) is 3.30. The van der Waals surface area contributed by atoms with Gasteiger partial charge in [-0.1, -0.05) is 11.6 Å². The van der Waals surface area contributed by atoms with E-state index in [1.165, 1.54) is 19.3 Å². The topological polar surface area (TPSA) is 43.4 Å². The first-order chi connectivity index (χ1) is 9.81. The summed E-state index contributed by atoms with van der Waals surface area (Å²) in [5.41, 5.74) is 0.862. The molecule has 1 unspecified atom stereocenters. The highest BCUT2D eigenvalue weighted by molar-refractivity contribution is 6.31. The predicted molar refractivity (Wildman–Crippen MR) is 78.2 cm³/mol. The van der Waals surface area contributed by atoms with Crippen molar-refractivity contribution in [3.63, 3.8) is 0 Å². The quantitative estimate of drug-likeness (QED) is 0.876. The number of nitrogens with zero attached hydrogens (tertiary/aromatic N) is 1. The molecule has 1 aliphatic carbocycles. The van der Waals surface area contributed by atoms with Crippen LogP contribution in [0.4, 0.5) is 0 Å². The van der Waals surface area contributed by atoms with Crippen LogP contribution in [0.15, 0.2) is 12.1 Å². The molecule has 1 saturated carbocycles. The predicted octanol–water partition coefficient (Wildman–Crippen LogP) is 2.93. The van der Waals surface area contributed by atoms with Crippen molar-refractivity contribution in [3.05, 3.63) is 22.8 Å². The minimum Gasteiger partial charge on any atom is -0.475 e. The molecule has 4 nitrogen and oxygen atoms in total. The van der Waals surface area contributed by atoms with Crippen molar-refractivity contribution in [1.82, 2.24) is 10.3 Å². The minimum atomic E-state index is 0.203. The molecule has 0 aromatic carbocycles. The molecule has 0 radical (unpaired) electrons. The van der Waals surface area contributed by atoms with Gasteiger partial charge in [0.15, 0.2) is 0 Å². The van der Waals surface area contributed by atoms with E-state index in [1.807, 2.05) is 12.1 Å². The van der Waals surface area contributed by atoms with Crippen LogP contribution in [0.2, 0.25) is 5.02 Å². The fourth-order valence-corrected chi connectivity index (χ4v) is 2.49. The SMILES string of the molecule is Clc1ccc(OCC2CCCCO2)nc1CNC1CC1. The van der Waals surface area contributed by atoms with Crippen LogP contribution in [0, 0.1) is 0 Å². The van der Waals surface area contributed by atoms with Gasteiger partial charge in [0.25, 0.3) is 0 Å². The minimum absolute atomic E-state index is 0.203. The third-order valence-electron chi connectivity index (χ3n) is 3.72. The Morgan fingerprint density at radius 2 is 2.20 bits per heavy atom. The van der Waals surface area contributed by atoms with Gasteiger partial charge in [0.2, 0.25) is 5.88 Å². The molecule has 1 aliphatic heterocycles. The normalized spacial score (nSPS) is 22.8. The van der Waals surface area contributed by atoms with Crippen LogP contribution in [-0.2, 0) is 11.3 Å². The van der Waals surface area contributed by atoms with Crippen LogP contribution in [0.25, 0.3) is 0 Å². The molecule has 1 N–H and O–H groups in total. The van der Waals surface area contributed by atoms with Gasteiger partial charge < -0.3 is 14.8 Å². The first-order valence-corrected chi connectivity index (χ1v) is 7.82. The summed E-state index contributed by atoms with van der Waals surface area (Å²) in [6, 6.07) is 4.33. The smallest absolute Gasteiger partial charge is 0.213 e. The Morgan fingerprint density at radius 1 is 1.30 bits per heavy atom. The van der Waals surface area contributed by atoms with Crippen molar-refractivity contribution >= 4 is 11.6 Å². The highest BCUT2D eigenvalue weighted by Gasteiger charge is 2.21. The molecule has 2 aliphatic rings. The molecule has 2 heterocycles. The van der Waals surface area contributed by atoms with Crippen molar-refractivity contribution in [2.24, 2.45) is 0 Å². The summed E-state index contributed by atoms with van der Waals surface area (Å²) in [6.07, 6.45) is 6.17. The molecule has 1 aromatic rings. The third kappa shape index (κ3) is 4.08. The van der Waals surface area contributed by atoms with Crippen LogP contribution in [0.5, 0.6) is 5.88 Å². The maximum atomic E-state index is 6.17. The number of rotatable bonds is 6. The van der Waals surface area contributed by atoms with Gasteiger partial charge in [-0.25, -0.2) is 4.98 Å². The Morgan fingerprint density at radius 3 is 2.95 bits per heavy atom. The highest BCUT2D eigenvalue weighted by atomic mass is 35.5.